The third kappa shape index (κ3) is 10.5. The maximum atomic E-state index is 12.5. The topological polar surface area (TPSA) is 144 Å². The minimum absolute atomic E-state index is 0.0564. The highest BCUT2D eigenvalue weighted by Crippen LogP contribution is 2.36. The number of hydrogen-bond acceptors (Lipinski definition) is 10. The number of benzene rings is 2. The summed E-state index contributed by atoms with van der Waals surface area (Å²) in [5.74, 6) is -0.318. The Balaban J connectivity index is 1.64. The van der Waals surface area contributed by atoms with Gasteiger partial charge in [-0.3, -0.25) is 4.79 Å². The lowest BCUT2D eigenvalue weighted by Gasteiger charge is -2.28. The smallest absolute Gasteiger partial charge is 0.318 e. The van der Waals surface area contributed by atoms with Gasteiger partial charge in [-0.2, -0.15) is 9.97 Å². The Hall–Kier alpha value is -4.09. The van der Waals surface area contributed by atoms with Crippen LogP contribution >= 0.6 is 0 Å². The number of unbranched alkanes of at least 4 members (excludes halogenated alkanes) is 3. The summed E-state index contributed by atoms with van der Waals surface area (Å²) in [6, 6.07) is 15.5. The molecule has 0 aliphatic carbocycles. The number of aromatic nitrogens is 2. The van der Waals surface area contributed by atoms with Crippen LogP contribution in [0.15, 0.2) is 48.5 Å². The van der Waals surface area contributed by atoms with Gasteiger partial charge in [0.05, 0.1) is 32.4 Å². The molecule has 11 nitrogen and oxygen atoms in total. The SMILES string of the molecule is CCCCOc1nc(C(O)C(CCCCCN2CCCC2)C(=O)O)c(N)c(N(Cc2ccc(OC)cc2)Cc2ccc(OC)cc2)n1. The summed E-state index contributed by atoms with van der Waals surface area (Å²) in [6.45, 7) is 6.58. The lowest BCUT2D eigenvalue weighted by Crippen LogP contribution is -2.28. The minimum Gasteiger partial charge on any atom is -0.497 e. The predicted molar refractivity (Wildman–Crippen MR) is 183 cm³/mol. The molecule has 3 aromatic rings. The second kappa shape index (κ2) is 18.3. The van der Waals surface area contributed by atoms with Crippen molar-refractivity contribution in [2.45, 2.75) is 77.5 Å². The Morgan fingerprint density at radius 1 is 0.915 bits per heavy atom. The number of rotatable bonds is 20. The van der Waals surface area contributed by atoms with Crippen molar-refractivity contribution >= 4 is 17.5 Å². The highest BCUT2D eigenvalue weighted by atomic mass is 16.5. The van der Waals surface area contributed by atoms with Crippen LogP contribution < -0.4 is 24.8 Å². The van der Waals surface area contributed by atoms with Gasteiger partial charge in [0.25, 0.3) is 0 Å². The molecule has 0 amide bonds. The molecule has 0 bridgehead atoms. The van der Waals surface area contributed by atoms with E-state index in [1.54, 1.807) is 14.2 Å². The summed E-state index contributed by atoms with van der Waals surface area (Å²) in [5, 5.41) is 21.8. The third-order valence-corrected chi connectivity index (χ3v) is 8.69. The molecule has 4 N–H and O–H groups in total. The number of aliphatic hydroxyl groups is 1. The van der Waals surface area contributed by atoms with Crippen LogP contribution in [0.5, 0.6) is 17.5 Å². The molecule has 1 saturated heterocycles. The Morgan fingerprint density at radius 2 is 1.51 bits per heavy atom. The maximum absolute atomic E-state index is 12.5. The Bertz CT molecular complexity index is 1330. The van der Waals surface area contributed by atoms with E-state index in [-0.39, 0.29) is 17.4 Å². The molecule has 1 fully saturated rings. The molecule has 47 heavy (non-hydrogen) atoms. The molecular weight excluding hydrogens is 598 g/mol. The molecule has 0 radical (unpaired) electrons. The number of carboxylic acid groups (broad SMARTS) is 1. The number of methoxy groups -OCH3 is 2. The Morgan fingerprint density at radius 3 is 2.04 bits per heavy atom. The highest BCUT2D eigenvalue weighted by Gasteiger charge is 2.33. The van der Waals surface area contributed by atoms with Crippen molar-refractivity contribution in [2.24, 2.45) is 5.92 Å². The average molecular weight is 650 g/mol. The van der Waals surface area contributed by atoms with Crippen LogP contribution in [0.3, 0.4) is 0 Å². The molecule has 0 saturated carbocycles. The third-order valence-electron chi connectivity index (χ3n) is 8.69. The van der Waals surface area contributed by atoms with E-state index in [0.29, 0.717) is 38.4 Å². The molecule has 2 heterocycles. The fourth-order valence-electron chi connectivity index (χ4n) is 5.89. The van der Waals surface area contributed by atoms with E-state index in [2.05, 4.69) is 16.8 Å². The number of hydrogen-bond donors (Lipinski definition) is 3. The molecule has 2 atom stereocenters. The van der Waals surface area contributed by atoms with Gasteiger partial charge < -0.3 is 40.0 Å². The molecule has 11 heteroatoms. The monoisotopic (exact) mass is 649 g/mol. The molecule has 4 rings (SSSR count). The number of aliphatic carboxylic acids is 1. The molecule has 0 spiro atoms. The van der Waals surface area contributed by atoms with Gasteiger partial charge in [-0.1, -0.05) is 50.5 Å². The van der Waals surface area contributed by atoms with E-state index in [4.69, 9.17) is 24.9 Å². The van der Waals surface area contributed by atoms with Crippen molar-refractivity contribution in [1.29, 1.82) is 0 Å². The molecule has 2 unspecified atom stereocenters. The van der Waals surface area contributed by atoms with E-state index < -0.39 is 18.0 Å². The van der Waals surface area contributed by atoms with E-state index in [1.165, 1.54) is 12.8 Å². The summed E-state index contributed by atoms with van der Waals surface area (Å²) in [5.41, 5.74) is 8.92. The van der Waals surface area contributed by atoms with Gasteiger partial charge in [0.2, 0.25) is 0 Å². The zero-order chi connectivity index (χ0) is 33.6. The van der Waals surface area contributed by atoms with E-state index in [9.17, 15) is 15.0 Å². The second-order valence-electron chi connectivity index (χ2n) is 12.2. The predicted octanol–water partition coefficient (Wildman–Crippen LogP) is 5.85. The van der Waals surface area contributed by atoms with Crippen molar-refractivity contribution in [3.8, 4) is 17.5 Å². The fraction of sp³-hybridized carbons (Fsp3) is 0.528. The van der Waals surface area contributed by atoms with Crippen LogP contribution in [0.25, 0.3) is 0 Å². The molecular formula is C36H51N5O6. The zero-order valence-electron chi connectivity index (χ0n) is 28.1. The number of nitrogen functional groups attached to an aromatic ring is 1. The van der Waals surface area contributed by atoms with Crippen molar-refractivity contribution in [3.05, 3.63) is 65.4 Å². The van der Waals surface area contributed by atoms with Crippen LogP contribution in [0.4, 0.5) is 11.5 Å². The van der Waals surface area contributed by atoms with Crippen LogP contribution in [0, 0.1) is 5.92 Å². The van der Waals surface area contributed by atoms with E-state index in [0.717, 1.165) is 67.9 Å². The molecule has 2 aromatic carbocycles. The minimum atomic E-state index is -1.44. The number of aliphatic hydroxyl groups excluding tert-OH is 1. The second-order valence-corrected chi connectivity index (χ2v) is 12.2. The largest absolute Gasteiger partial charge is 0.497 e. The van der Waals surface area contributed by atoms with Crippen molar-refractivity contribution in [1.82, 2.24) is 14.9 Å². The first-order chi connectivity index (χ1) is 22.8. The summed E-state index contributed by atoms with van der Waals surface area (Å²) >= 11 is 0. The number of ether oxygens (including phenoxy) is 3. The number of likely N-dealkylation sites (tertiary alicyclic amines) is 1. The highest BCUT2D eigenvalue weighted by molar-refractivity contribution is 5.73. The number of nitrogens with zero attached hydrogens (tertiary/aromatic N) is 4. The summed E-state index contributed by atoms with van der Waals surface area (Å²) in [6.07, 6.45) is 5.64. The summed E-state index contributed by atoms with van der Waals surface area (Å²) in [4.78, 5) is 26.2. The standard InChI is InChI=1S/C36H51N5O6/c1-4-5-23-47-36-38-32(33(42)30(35(43)44)11-7-6-8-20-40-21-9-10-22-40)31(37)34(39-36)41(24-26-12-16-28(45-2)17-13-26)25-27-14-18-29(46-3)19-15-27/h12-19,30,33,42H,4-11,20-25,37H2,1-3H3,(H,43,44). The van der Waals surface area contributed by atoms with Crippen LogP contribution in [0.2, 0.25) is 0 Å². The first kappa shape index (κ1) is 35.8. The van der Waals surface area contributed by atoms with E-state index >= 15 is 0 Å². The van der Waals surface area contributed by atoms with Gasteiger partial charge in [-0.05, 0) is 87.1 Å². The van der Waals surface area contributed by atoms with E-state index in [1.807, 2.05) is 53.4 Å². The van der Waals surface area contributed by atoms with Crippen LogP contribution in [0.1, 0.15) is 81.2 Å². The normalized spacial score (nSPS) is 14.5. The van der Waals surface area contributed by atoms with Crippen LogP contribution in [-0.2, 0) is 17.9 Å². The van der Waals surface area contributed by atoms with Crippen molar-refractivity contribution in [2.75, 3.05) is 51.1 Å². The number of carboxylic acids is 1. The lowest BCUT2D eigenvalue weighted by molar-refractivity contribution is -0.146. The first-order valence-corrected chi connectivity index (χ1v) is 16.8. The fourth-order valence-corrected chi connectivity index (χ4v) is 5.89. The van der Waals surface area contributed by atoms with Crippen molar-refractivity contribution in [3.63, 3.8) is 0 Å². The number of nitrogens with two attached hydrogens (primary N) is 1. The Kier molecular flexibility index (Phi) is 13.9. The quantitative estimate of drug-likeness (QED) is 0.127. The van der Waals surface area contributed by atoms with Crippen LogP contribution in [-0.4, -0.2) is 71.5 Å². The first-order valence-electron chi connectivity index (χ1n) is 16.8. The van der Waals surface area contributed by atoms with Gasteiger partial charge in [0.1, 0.15) is 23.3 Å². The summed E-state index contributed by atoms with van der Waals surface area (Å²) in [7, 11) is 3.25. The van der Waals surface area contributed by atoms with Gasteiger partial charge >= 0.3 is 12.0 Å². The summed E-state index contributed by atoms with van der Waals surface area (Å²) < 4.78 is 16.6. The number of anilines is 2. The zero-order valence-corrected chi connectivity index (χ0v) is 28.1. The van der Waals surface area contributed by atoms with Gasteiger partial charge in [-0.15, -0.1) is 0 Å². The number of carbonyl (C=O) groups is 1. The molecule has 256 valence electrons. The van der Waals surface area contributed by atoms with Crippen molar-refractivity contribution < 1.29 is 29.2 Å². The molecule has 1 aliphatic heterocycles. The maximum Gasteiger partial charge on any atom is 0.318 e. The van der Waals surface area contributed by atoms with Gasteiger partial charge in [-0.25, -0.2) is 0 Å². The van der Waals surface area contributed by atoms with Gasteiger partial charge in [0.15, 0.2) is 5.82 Å². The molecule has 1 aromatic heterocycles. The Labute approximate surface area is 278 Å². The van der Waals surface area contributed by atoms with Gasteiger partial charge in [0, 0.05) is 13.1 Å². The molecule has 1 aliphatic rings. The average Bonchev–Trinajstić information content (AvgIpc) is 3.61. The lowest BCUT2D eigenvalue weighted by atomic mass is 9.92.